The van der Waals surface area contributed by atoms with Crippen LogP contribution in [-0.4, -0.2) is 5.11 Å². The van der Waals surface area contributed by atoms with Crippen molar-refractivity contribution in [3.8, 4) is 5.75 Å². The Morgan fingerprint density at radius 2 is 2.10 bits per heavy atom. The number of aryl methyl sites for hydroxylation is 1. The third kappa shape index (κ3) is 3.62. The van der Waals surface area contributed by atoms with Crippen LogP contribution >= 0.6 is 27.3 Å². The number of thiophene rings is 1. The average molecular weight is 354 g/mol. The lowest BCUT2D eigenvalue weighted by atomic mass is 10.0. The summed E-state index contributed by atoms with van der Waals surface area (Å²) in [5, 5.41) is 15.7. The van der Waals surface area contributed by atoms with E-state index in [1.54, 1.807) is 17.4 Å². The van der Waals surface area contributed by atoms with Crippen LogP contribution in [0.1, 0.15) is 42.3 Å². The van der Waals surface area contributed by atoms with Crippen LogP contribution in [0.3, 0.4) is 0 Å². The minimum Gasteiger partial charge on any atom is -0.508 e. The van der Waals surface area contributed by atoms with Crippen LogP contribution in [0.2, 0.25) is 0 Å². The first kappa shape index (κ1) is 15.5. The van der Waals surface area contributed by atoms with E-state index in [1.807, 2.05) is 12.1 Å². The van der Waals surface area contributed by atoms with Gasteiger partial charge >= 0.3 is 0 Å². The molecule has 1 unspecified atom stereocenters. The molecule has 0 aliphatic rings. The van der Waals surface area contributed by atoms with Gasteiger partial charge in [0, 0.05) is 27.5 Å². The predicted molar refractivity (Wildman–Crippen MR) is 89.4 cm³/mol. The van der Waals surface area contributed by atoms with E-state index in [-0.39, 0.29) is 6.04 Å². The number of aromatic hydroxyl groups is 1. The molecular weight excluding hydrogens is 334 g/mol. The fourth-order valence-electron chi connectivity index (χ4n) is 2.33. The third-order valence-electron chi connectivity index (χ3n) is 3.50. The Morgan fingerprint density at radius 1 is 1.30 bits per heavy atom. The lowest BCUT2D eigenvalue weighted by molar-refractivity contribution is 0.441. The summed E-state index contributed by atoms with van der Waals surface area (Å²) in [5.74, 6) is 0.356. The van der Waals surface area contributed by atoms with Gasteiger partial charge in [0.2, 0.25) is 0 Å². The van der Waals surface area contributed by atoms with Gasteiger partial charge in [-0.15, -0.1) is 11.3 Å². The molecule has 0 saturated carbocycles. The number of hydrogen-bond acceptors (Lipinski definition) is 3. The van der Waals surface area contributed by atoms with Crippen molar-refractivity contribution in [2.24, 2.45) is 0 Å². The quantitative estimate of drug-likeness (QED) is 0.763. The van der Waals surface area contributed by atoms with Gasteiger partial charge in [-0.2, -0.15) is 0 Å². The molecule has 0 saturated heterocycles. The second-order valence-corrected chi connectivity index (χ2v) is 6.68. The summed E-state index contributed by atoms with van der Waals surface area (Å²) in [4.78, 5) is 1.39. The summed E-state index contributed by atoms with van der Waals surface area (Å²) in [7, 11) is 0. The summed E-state index contributed by atoms with van der Waals surface area (Å²) in [6.07, 6.45) is 2.01. The van der Waals surface area contributed by atoms with E-state index in [9.17, 15) is 5.11 Å². The maximum absolute atomic E-state index is 10.0. The van der Waals surface area contributed by atoms with E-state index >= 15 is 0 Å². The predicted octanol–water partition coefficient (Wildman–Crippen LogP) is 5.02. The Kier molecular flexibility index (Phi) is 5.64. The standard InChI is InChI=1S/C16H20BrNOS/c1-3-11-7-8-20-16(11)10-18-14(4-2)13-9-12(17)5-6-15(13)19/h5-9,14,18-19H,3-4,10H2,1-2H3. The molecule has 2 N–H and O–H groups in total. The molecule has 1 aromatic carbocycles. The van der Waals surface area contributed by atoms with E-state index in [0.29, 0.717) is 5.75 Å². The number of rotatable bonds is 6. The van der Waals surface area contributed by atoms with Crippen LogP contribution in [0.4, 0.5) is 0 Å². The number of hydrogen-bond donors (Lipinski definition) is 2. The maximum atomic E-state index is 10.0. The van der Waals surface area contributed by atoms with Crippen molar-refractivity contribution in [1.82, 2.24) is 5.32 Å². The molecule has 0 fully saturated rings. The van der Waals surface area contributed by atoms with Crippen molar-refractivity contribution in [2.45, 2.75) is 39.3 Å². The van der Waals surface area contributed by atoms with Crippen LogP contribution in [0, 0.1) is 0 Å². The molecule has 20 heavy (non-hydrogen) atoms. The van der Waals surface area contributed by atoms with Crippen molar-refractivity contribution in [2.75, 3.05) is 0 Å². The van der Waals surface area contributed by atoms with Gasteiger partial charge in [0.25, 0.3) is 0 Å². The van der Waals surface area contributed by atoms with Gasteiger partial charge in [-0.05, 0) is 48.1 Å². The Morgan fingerprint density at radius 3 is 2.80 bits per heavy atom. The smallest absolute Gasteiger partial charge is 0.120 e. The summed E-state index contributed by atoms with van der Waals surface area (Å²) < 4.78 is 0.996. The van der Waals surface area contributed by atoms with Crippen molar-refractivity contribution >= 4 is 27.3 Å². The Balaban J connectivity index is 2.11. The number of benzene rings is 1. The van der Waals surface area contributed by atoms with Gasteiger partial charge in [0.1, 0.15) is 5.75 Å². The SMILES string of the molecule is CCc1ccsc1CNC(CC)c1cc(Br)ccc1O. The van der Waals surface area contributed by atoms with Gasteiger partial charge < -0.3 is 10.4 Å². The maximum Gasteiger partial charge on any atom is 0.120 e. The lowest BCUT2D eigenvalue weighted by Gasteiger charge is -2.19. The molecule has 0 aliphatic carbocycles. The molecule has 1 atom stereocenters. The van der Waals surface area contributed by atoms with Crippen LogP contribution in [0.5, 0.6) is 5.75 Å². The monoisotopic (exact) mass is 353 g/mol. The summed E-state index contributed by atoms with van der Waals surface area (Å²) >= 11 is 5.26. The molecule has 0 radical (unpaired) electrons. The second kappa shape index (κ2) is 7.25. The fraction of sp³-hybridized carbons (Fsp3) is 0.375. The molecular formula is C16H20BrNOS. The highest BCUT2D eigenvalue weighted by Crippen LogP contribution is 2.30. The van der Waals surface area contributed by atoms with Crippen LogP contribution in [-0.2, 0) is 13.0 Å². The molecule has 108 valence electrons. The van der Waals surface area contributed by atoms with E-state index < -0.39 is 0 Å². The van der Waals surface area contributed by atoms with Gasteiger partial charge in [-0.3, -0.25) is 0 Å². The van der Waals surface area contributed by atoms with Crippen LogP contribution in [0.15, 0.2) is 34.1 Å². The number of nitrogens with one attached hydrogen (secondary N) is 1. The highest BCUT2D eigenvalue weighted by molar-refractivity contribution is 9.10. The number of halogens is 1. The Bertz CT molecular complexity index is 567. The summed E-state index contributed by atoms with van der Waals surface area (Å²) in [6.45, 7) is 5.17. The van der Waals surface area contributed by atoms with Gasteiger partial charge in [0.05, 0.1) is 0 Å². The van der Waals surface area contributed by atoms with Crippen molar-refractivity contribution in [1.29, 1.82) is 0 Å². The highest BCUT2D eigenvalue weighted by atomic mass is 79.9. The van der Waals surface area contributed by atoms with Gasteiger partial charge in [-0.1, -0.05) is 29.8 Å². The van der Waals surface area contributed by atoms with E-state index in [0.717, 1.165) is 29.4 Å². The summed E-state index contributed by atoms with van der Waals surface area (Å²) in [6, 6.07) is 7.95. The third-order valence-corrected chi connectivity index (χ3v) is 4.96. The average Bonchev–Trinajstić information content (AvgIpc) is 2.90. The largest absolute Gasteiger partial charge is 0.508 e. The zero-order chi connectivity index (χ0) is 14.5. The van der Waals surface area contributed by atoms with E-state index in [2.05, 4.69) is 46.5 Å². The molecule has 0 spiro atoms. The minimum atomic E-state index is 0.166. The summed E-state index contributed by atoms with van der Waals surface area (Å²) in [5.41, 5.74) is 2.37. The molecule has 0 aliphatic heterocycles. The molecule has 2 aromatic rings. The van der Waals surface area contributed by atoms with Crippen molar-refractivity contribution < 1.29 is 5.11 Å². The zero-order valence-corrected chi connectivity index (χ0v) is 14.2. The molecule has 2 nitrogen and oxygen atoms in total. The number of phenolic OH excluding ortho intramolecular Hbond substituents is 1. The van der Waals surface area contributed by atoms with Gasteiger partial charge in [0.15, 0.2) is 0 Å². The topological polar surface area (TPSA) is 32.3 Å². The zero-order valence-electron chi connectivity index (χ0n) is 11.8. The first-order valence-corrected chi connectivity index (χ1v) is 8.60. The molecule has 4 heteroatoms. The highest BCUT2D eigenvalue weighted by Gasteiger charge is 2.14. The molecule has 1 aromatic heterocycles. The molecule has 2 rings (SSSR count). The van der Waals surface area contributed by atoms with E-state index in [4.69, 9.17) is 0 Å². The lowest BCUT2D eigenvalue weighted by Crippen LogP contribution is -2.20. The van der Waals surface area contributed by atoms with Crippen LogP contribution < -0.4 is 5.32 Å². The first-order chi connectivity index (χ1) is 9.65. The van der Waals surface area contributed by atoms with E-state index in [1.165, 1.54) is 10.4 Å². The fourth-order valence-corrected chi connectivity index (χ4v) is 3.64. The first-order valence-electron chi connectivity index (χ1n) is 6.92. The molecule has 1 heterocycles. The Labute approximate surface area is 133 Å². The molecule has 0 amide bonds. The normalized spacial score (nSPS) is 12.6. The number of phenols is 1. The Hall–Kier alpha value is -0.840. The van der Waals surface area contributed by atoms with Crippen molar-refractivity contribution in [3.05, 3.63) is 50.1 Å². The van der Waals surface area contributed by atoms with Crippen LogP contribution in [0.25, 0.3) is 0 Å². The second-order valence-electron chi connectivity index (χ2n) is 4.77. The minimum absolute atomic E-state index is 0.166. The van der Waals surface area contributed by atoms with Gasteiger partial charge in [-0.25, -0.2) is 0 Å². The molecule has 0 bridgehead atoms. The van der Waals surface area contributed by atoms with Crippen molar-refractivity contribution in [3.63, 3.8) is 0 Å².